The van der Waals surface area contributed by atoms with Crippen LogP contribution >= 0.6 is 0 Å². The minimum absolute atomic E-state index is 0.0170. The van der Waals surface area contributed by atoms with Gasteiger partial charge in [0.2, 0.25) is 0 Å². The van der Waals surface area contributed by atoms with E-state index in [9.17, 15) is 18.0 Å². The zero-order valence-electron chi connectivity index (χ0n) is 18.8. The van der Waals surface area contributed by atoms with E-state index in [2.05, 4.69) is 5.32 Å². The summed E-state index contributed by atoms with van der Waals surface area (Å²) in [6.07, 6.45) is 7.06. The van der Waals surface area contributed by atoms with Crippen LogP contribution in [0.4, 0.5) is 5.69 Å². The summed E-state index contributed by atoms with van der Waals surface area (Å²) >= 11 is 0. The van der Waals surface area contributed by atoms with Crippen LogP contribution in [0.5, 0.6) is 0 Å². The second kappa shape index (κ2) is 9.95. The average Bonchev–Trinajstić information content (AvgIpc) is 2.95. The number of nitrogens with zero attached hydrogens (tertiary/aromatic N) is 1. The van der Waals surface area contributed by atoms with Gasteiger partial charge >= 0.3 is 5.97 Å². The van der Waals surface area contributed by atoms with Crippen molar-refractivity contribution in [3.05, 3.63) is 59.7 Å². The van der Waals surface area contributed by atoms with Crippen LogP contribution in [0.1, 0.15) is 61.4 Å². The largest absolute Gasteiger partial charge is 0.452 e. The van der Waals surface area contributed by atoms with E-state index in [-0.39, 0.29) is 35.1 Å². The van der Waals surface area contributed by atoms with Gasteiger partial charge in [-0.25, -0.2) is 13.2 Å². The Morgan fingerprint density at radius 3 is 2.52 bits per heavy atom. The summed E-state index contributed by atoms with van der Waals surface area (Å²) in [4.78, 5) is 24.8. The van der Waals surface area contributed by atoms with E-state index in [0.717, 1.165) is 31.2 Å². The first-order valence-corrected chi connectivity index (χ1v) is 13.0. The van der Waals surface area contributed by atoms with Crippen molar-refractivity contribution in [1.82, 2.24) is 5.32 Å². The SMILES string of the molecule is CC1Cc2ccccc2N1S(=O)(=O)c1cccc(C(=O)OCC(=O)NC2CCCCCC2)c1. The highest BCUT2D eigenvalue weighted by atomic mass is 32.2. The number of carbonyl (C=O) groups is 2. The molecule has 0 spiro atoms. The van der Waals surface area contributed by atoms with Crippen molar-refractivity contribution in [2.24, 2.45) is 0 Å². The quantitative estimate of drug-likeness (QED) is 0.512. The van der Waals surface area contributed by atoms with E-state index < -0.39 is 16.0 Å². The molecule has 33 heavy (non-hydrogen) atoms. The van der Waals surface area contributed by atoms with E-state index in [1.807, 2.05) is 25.1 Å². The van der Waals surface area contributed by atoms with E-state index in [1.54, 1.807) is 6.07 Å². The molecule has 1 atom stereocenters. The third kappa shape index (κ3) is 5.21. The van der Waals surface area contributed by atoms with Gasteiger partial charge in [0.15, 0.2) is 6.61 Å². The normalized spacial score (nSPS) is 18.9. The summed E-state index contributed by atoms with van der Waals surface area (Å²) in [6, 6.07) is 13.1. The lowest BCUT2D eigenvalue weighted by molar-refractivity contribution is -0.125. The summed E-state index contributed by atoms with van der Waals surface area (Å²) in [6.45, 7) is 1.48. The minimum atomic E-state index is -3.86. The van der Waals surface area contributed by atoms with E-state index >= 15 is 0 Å². The highest BCUT2D eigenvalue weighted by Crippen LogP contribution is 2.36. The molecule has 1 fully saturated rings. The number of hydrogen-bond donors (Lipinski definition) is 1. The first kappa shape index (κ1) is 23.3. The van der Waals surface area contributed by atoms with Crippen LogP contribution in [0.3, 0.4) is 0 Å². The molecule has 0 radical (unpaired) electrons. The first-order chi connectivity index (χ1) is 15.9. The van der Waals surface area contributed by atoms with Crippen LogP contribution in [-0.4, -0.2) is 39.0 Å². The molecule has 1 N–H and O–H groups in total. The van der Waals surface area contributed by atoms with Crippen LogP contribution in [0.2, 0.25) is 0 Å². The molecule has 1 unspecified atom stereocenters. The molecular weight excluding hydrogens is 440 g/mol. The fraction of sp³-hybridized carbons (Fsp3) is 0.440. The summed E-state index contributed by atoms with van der Waals surface area (Å²) < 4.78 is 33.4. The molecule has 0 aromatic heterocycles. The topological polar surface area (TPSA) is 92.8 Å². The number of para-hydroxylation sites is 1. The molecule has 1 aliphatic heterocycles. The third-order valence-electron chi connectivity index (χ3n) is 6.33. The van der Waals surface area contributed by atoms with Crippen molar-refractivity contribution < 1.29 is 22.7 Å². The lowest BCUT2D eigenvalue weighted by atomic mass is 10.1. The third-order valence-corrected chi connectivity index (χ3v) is 8.25. The second-order valence-corrected chi connectivity index (χ2v) is 10.7. The van der Waals surface area contributed by atoms with Gasteiger partial charge < -0.3 is 10.1 Å². The molecule has 7 nitrogen and oxygen atoms in total. The summed E-state index contributed by atoms with van der Waals surface area (Å²) in [7, 11) is -3.86. The lowest BCUT2D eigenvalue weighted by Gasteiger charge is -2.24. The monoisotopic (exact) mass is 470 g/mol. The van der Waals surface area contributed by atoms with Crippen molar-refractivity contribution in [2.75, 3.05) is 10.9 Å². The molecule has 176 valence electrons. The standard InChI is InChI=1S/C25H30N2O5S/c1-18-15-19-9-6-7-14-23(19)27(18)33(30,31)22-13-8-10-20(16-22)25(29)32-17-24(28)26-21-11-4-2-3-5-12-21/h6-10,13-14,16,18,21H,2-5,11-12,15,17H2,1H3,(H,26,28). The van der Waals surface area contributed by atoms with Gasteiger partial charge in [-0.2, -0.15) is 0 Å². The molecule has 2 aliphatic rings. The smallest absolute Gasteiger partial charge is 0.338 e. The van der Waals surface area contributed by atoms with Crippen LogP contribution in [0.25, 0.3) is 0 Å². The van der Waals surface area contributed by atoms with Crippen molar-refractivity contribution in [3.63, 3.8) is 0 Å². The number of sulfonamides is 1. The van der Waals surface area contributed by atoms with Crippen LogP contribution in [-0.2, 0) is 26.0 Å². The van der Waals surface area contributed by atoms with Gasteiger partial charge in [-0.1, -0.05) is 49.9 Å². The Labute approximate surface area is 195 Å². The number of anilines is 1. The van der Waals surface area contributed by atoms with Gasteiger partial charge in [-0.3, -0.25) is 9.10 Å². The molecule has 4 rings (SSSR count). The van der Waals surface area contributed by atoms with Gasteiger partial charge in [0.25, 0.3) is 15.9 Å². The Bertz CT molecular complexity index is 1120. The van der Waals surface area contributed by atoms with Crippen LogP contribution < -0.4 is 9.62 Å². The van der Waals surface area contributed by atoms with Crippen molar-refractivity contribution >= 4 is 27.6 Å². The van der Waals surface area contributed by atoms with Gasteiger partial charge in [0.05, 0.1) is 16.1 Å². The molecule has 8 heteroatoms. The fourth-order valence-corrected chi connectivity index (χ4v) is 6.45. The Morgan fingerprint density at radius 2 is 1.76 bits per heavy atom. The minimum Gasteiger partial charge on any atom is -0.452 e. The first-order valence-electron chi connectivity index (χ1n) is 11.5. The molecule has 1 amide bonds. The molecule has 2 aromatic rings. The van der Waals surface area contributed by atoms with Gasteiger partial charge in [-0.05, 0) is 56.0 Å². The number of esters is 1. The Morgan fingerprint density at radius 1 is 1.03 bits per heavy atom. The van der Waals surface area contributed by atoms with Gasteiger partial charge in [-0.15, -0.1) is 0 Å². The number of amides is 1. The number of rotatable bonds is 6. The van der Waals surface area contributed by atoms with Crippen molar-refractivity contribution in [1.29, 1.82) is 0 Å². The Kier molecular flexibility index (Phi) is 7.02. The highest BCUT2D eigenvalue weighted by molar-refractivity contribution is 7.92. The maximum absolute atomic E-state index is 13.4. The summed E-state index contributed by atoms with van der Waals surface area (Å²) in [5, 5.41) is 2.93. The van der Waals surface area contributed by atoms with Crippen LogP contribution in [0.15, 0.2) is 53.4 Å². The maximum atomic E-state index is 13.4. The number of carbonyl (C=O) groups excluding carboxylic acids is 2. The molecule has 1 aliphatic carbocycles. The molecule has 0 saturated heterocycles. The number of hydrogen-bond acceptors (Lipinski definition) is 5. The second-order valence-electron chi connectivity index (χ2n) is 8.84. The molecule has 2 aromatic carbocycles. The van der Waals surface area contributed by atoms with Crippen LogP contribution in [0, 0.1) is 0 Å². The molecule has 1 saturated carbocycles. The Hall–Kier alpha value is -2.87. The van der Waals surface area contributed by atoms with E-state index in [0.29, 0.717) is 12.1 Å². The number of benzene rings is 2. The van der Waals surface area contributed by atoms with E-state index in [1.165, 1.54) is 41.4 Å². The molecular formula is C25H30N2O5S. The number of nitrogens with one attached hydrogen (secondary N) is 1. The zero-order valence-corrected chi connectivity index (χ0v) is 19.6. The van der Waals surface area contributed by atoms with Crippen molar-refractivity contribution in [2.45, 2.75) is 68.8 Å². The zero-order chi connectivity index (χ0) is 23.4. The van der Waals surface area contributed by atoms with Gasteiger partial charge in [0.1, 0.15) is 0 Å². The average molecular weight is 471 g/mol. The number of fused-ring (bicyclic) bond motifs is 1. The van der Waals surface area contributed by atoms with E-state index in [4.69, 9.17) is 4.74 Å². The predicted molar refractivity (Wildman–Crippen MR) is 126 cm³/mol. The lowest BCUT2D eigenvalue weighted by Crippen LogP contribution is -2.37. The number of ether oxygens (including phenoxy) is 1. The Balaban J connectivity index is 1.43. The maximum Gasteiger partial charge on any atom is 0.338 e. The van der Waals surface area contributed by atoms with Crippen molar-refractivity contribution in [3.8, 4) is 0 Å². The van der Waals surface area contributed by atoms with Gasteiger partial charge in [0, 0.05) is 12.1 Å². The molecule has 0 bridgehead atoms. The molecule has 1 heterocycles. The predicted octanol–water partition coefficient (Wildman–Crippen LogP) is 3.82. The highest BCUT2D eigenvalue weighted by Gasteiger charge is 2.36. The summed E-state index contributed by atoms with van der Waals surface area (Å²) in [5.41, 5.74) is 1.73. The fourth-order valence-electron chi connectivity index (χ4n) is 4.71. The summed E-state index contributed by atoms with van der Waals surface area (Å²) in [5.74, 6) is -1.06.